The molecule has 34 heavy (non-hydrogen) atoms. The summed E-state index contributed by atoms with van der Waals surface area (Å²) in [6.07, 6.45) is 6.63. The van der Waals surface area contributed by atoms with Crippen molar-refractivity contribution in [2.24, 2.45) is 34.0 Å². The second-order valence-electron chi connectivity index (χ2n) is 11.8. The largest absolute Gasteiger partial charge is 0.457 e. The van der Waals surface area contributed by atoms with E-state index in [4.69, 9.17) is 9.47 Å². The lowest BCUT2D eigenvalue weighted by molar-refractivity contribution is -0.448. The molecule has 2 spiro atoms. The van der Waals surface area contributed by atoms with Crippen molar-refractivity contribution in [1.29, 1.82) is 0 Å². The first-order chi connectivity index (χ1) is 16.1. The van der Waals surface area contributed by atoms with Gasteiger partial charge < -0.3 is 24.7 Å². The van der Waals surface area contributed by atoms with E-state index in [9.17, 15) is 19.8 Å². The highest BCUT2D eigenvalue weighted by molar-refractivity contribution is 6.05. The maximum absolute atomic E-state index is 14.0. The predicted octanol–water partition coefficient (Wildman–Crippen LogP) is 3.00. The summed E-state index contributed by atoms with van der Waals surface area (Å²) in [7, 11) is 0. The maximum Gasteiger partial charge on any atom is 0.331 e. The third-order valence-electron chi connectivity index (χ3n) is 10.00. The van der Waals surface area contributed by atoms with Crippen molar-refractivity contribution in [2.75, 3.05) is 6.61 Å². The first-order valence-corrected chi connectivity index (χ1v) is 12.4. The van der Waals surface area contributed by atoms with Crippen LogP contribution in [0.5, 0.6) is 0 Å². The van der Waals surface area contributed by atoms with Crippen molar-refractivity contribution in [3.63, 3.8) is 0 Å². The second kappa shape index (κ2) is 6.93. The van der Waals surface area contributed by atoms with E-state index in [2.05, 4.69) is 25.4 Å². The molecule has 0 unspecified atom stereocenters. The van der Waals surface area contributed by atoms with Crippen LogP contribution in [0.3, 0.4) is 0 Å². The van der Waals surface area contributed by atoms with Crippen molar-refractivity contribution in [3.8, 4) is 0 Å². The van der Waals surface area contributed by atoms with Crippen LogP contribution in [0.2, 0.25) is 0 Å². The van der Waals surface area contributed by atoms with Gasteiger partial charge in [0.05, 0.1) is 6.61 Å². The number of hydrogen-bond donors (Lipinski definition) is 3. The molecule has 6 fully saturated rings. The lowest BCUT2D eigenvalue weighted by Crippen LogP contribution is -2.83. The minimum Gasteiger partial charge on any atom is -0.457 e. The minimum atomic E-state index is -2.12. The summed E-state index contributed by atoms with van der Waals surface area (Å²) in [5.41, 5.74) is -1.09. The molecular weight excluding hydrogens is 434 g/mol. The summed E-state index contributed by atoms with van der Waals surface area (Å²) in [5, 5.41) is 23.8. The van der Waals surface area contributed by atoms with Gasteiger partial charge in [0.1, 0.15) is 17.6 Å². The summed E-state index contributed by atoms with van der Waals surface area (Å²) in [4.78, 5) is 29.9. The summed E-state index contributed by atoms with van der Waals surface area (Å²) in [5.74, 6) is -3.87. The molecule has 0 radical (unpaired) electrons. The van der Waals surface area contributed by atoms with Gasteiger partial charge in [-0.1, -0.05) is 26.8 Å². The molecule has 1 aromatic rings. The summed E-state index contributed by atoms with van der Waals surface area (Å²) < 4.78 is 12.1. The van der Waals surface area contributed by atoms with Crippen LogP contribution in [0.25, 0.3) is 6.08 Å². The van der Waals surface area contributed by atoms with Crippen LogP contribution >= 0.6 is 0 Å². The molecule has 6 aliphatic rings. The number of fused-ring (bicyclic) bond motifs is 2. The zero-order chi connectivity index (χ0) is 24.1. The number of carbonyl (C=O) groups is 2. The first-order valence-electron chi connectivity index (χ1n) is 12.4. The fourth-order valence-corrected chi connectivity index (χ4v) is 8.90. The van der Waals surface area contributed by atoms with Gasteiger partial charge in [-0.3, -0.25) is 4.79 Å². The lowest BCUT2D eigenvalue weighted by atomic mass is 9.36. The molecule has 3 N–H and O–H groups in total. The number of nitrogens with one attached hydrogen (secondary N) is 1. The zero-order valence-corrected chi connectivity index (χ0v) is 19.8. The van der Waals surface area contributed by atoms with Crippen molar-refractivity contribution >= 4 is 17.8 Å². The second-order valence-corrected chi connectivity index (χ2v) is 11.8. The van der Waals surface area contributed by atoms with Gasteiger partial charge in [0.25, 0.3) is 0 Å². The topological polar surface area (TPSA) is 109 Å². The third-order valence-corrected chi connectivity index (χ3v) is 10.00. The third kappa shape index (κ3) is 2.43. The van der Waals surface area contributed by atoms with Gasteiger partial charge in [0.2, 0.25) is 5.79 Å². The number of Topliss-reactive ketones (excluding diaryl/α,β-unsaturated/α-hetero) is 1. The molecule has 7 rings (SSSR count). The number of H-pyrrole nitrogens is 1. The number of aromatic nitrogens is 1. The molecule has 7 heteroatoms. The van der Waals surface area contributed by atoms with Crippen molar-refractivity contribution in [2.45, 2.75) is 63.9 Å². The van der Waals surface area contributed by atoms with Crippen LogP contribution < -0.4 is 0 Å². The molecule has 2 aliphatic heterocycles. The molecule has 0 aromatic carbocycles. The van der Waals surface area contributed by atoms with Crippen LogP contribution in [0.15, 0.2) is 36.6 Å². The smallest absolute Gasteiger partial charge is 0.331 e. The fourth-order valence-electron chi connectivity index (χ4n) is 8.90. The Labute approximate surface area is 199 Å². The Balaban J connectivity index is 1.46. The molecule has 3 heterocycles. The molecule has 182 valence electrons. The van der Waals surface area contributed by atoms with Crippen LogP contribution in [0.4, 0.5) is 0 Å². The molecule has 1 aromatic heterocycles. The van der Waals surface area contributed by atoms with Crippen LogP contribution in [0.1, 0.15) is 51.6 Å². The Kier molecular flexibility index (Phi) is 4.53. The van der Waals surface area contributed by atoms with Gasteiger partial charge in [-0.15, -0.1) is 0 Å². The molecular formula is C27H33NO6. The highest BCUT2D eigenvalue weighted by Crippen LogP contribution is 2.76. The molecule has 7 nitrogen and oxygen atoms in total. The zero-order valence-electron chi connectivity index (χ0n) is 19.8. The average Bonchev–Trinajstić information content (AvgIpc) is 3.34. The van der Waals surface area contributed by atoms with Gasteiger partial charge >= 0.3 is 5.97 Å². The summed E-state index contributed by atoms with van der Waals surface area (Å²) in [6.45, 7) is 8.65. The van der Waals surface area contributed by atoms with E-state index in [1.54, 1.807) is 12.3 Å². The van der Waals surface area contributed by atoms with Crippen LogP contribution in [-0.4, -0.2) is 51.6 Å². The highest BCUT2D eigenvalue weighted by atomic mass is 16.6. The van der Waals surface area contributed by atoms with Crippen molar-refractivity contribution in [1.82, 2.24) is 4.98 Å². The number of rotatable bonds is 3. The van der Waals surface area contributed by atoms with E-state index in [1.807, 2.05) is 12.1 Å². The molecule has 4 aliphatic carbocycles. The minimum absolute atomic E-state index is 0.203. The Bertz CT molecular complexity index is 1090. The fraction of sp³-hybridized carbons (Fsp3) is 0.630. The number of esters is 1. The molecule has 0 amide bonds. The SMILES string of the molecule is C=C1C(=O)[C@]23[C@H](OC(=O)/C=C/c4ccc[nH]4)[C@H]1CC[C@H]2[C@]12CCCC(C)(C)[C@H]1[C@H](O)[C@@]3(O)OC2. The average molecular weight is 468 g/mol. The van der Waals surface area contributed by atoms with Crippen molar-refractivity contribution in [3.05, 3.63) is 42.3 Å². The Morgan fingerprint density at radius 2 is 2.12 bits per heavy atom. The molecule has 8 atom stereocenters. The highest BCUT2D eigenvalue weighted by Gasteiger charge is 2.86. The number of ether oxygens (including phenoxy) is 2. The van der Waals surface area contributed by atoms with Crippen molar-refractivity contribution < 1.29 is 29.3 Å². The van der Waals surface area contributed by atoms with E-state index in [-0.39, 0.29) is 23.0 Å². The van der Waals surface area contributed by atoms with Gasteiger partial charge in [0.15, 0.2) is 5.78 Å². The van der Waals surface area contributed by atoms with Crippen LogP contribution in [0, 0.1) is 34.0 Å². The van der Waals surface area contributed by atoms with E-state index in [1.165, 1.54) is 6.08 Å². The monoisotopic (exact) mass is 467 g/mol. The van der Waals surface area contributed by atoms with E-state index in [0.29, 0.717) is 25.0 Å². The number of hydrogen-bond acceptors (Lipinski definition) is 6. The van der Waals surface area contributed by atoms with Gasteiger partial charge in [0, 0.05) is 35.2 Å². The quantitative estimate of drug-likeness (QED) is 0.466. The molecule has 4 bridgehead atoms. The van der Waals surface area contributed by atoms with Gasteiger partial charge in [-0.25, -0.2) is 4.79 Å². The maximum atomic E-state index is 14.0. The Hall–Kier alpha value is -2.22. The number of ketones is 1. The summed E-state index contributed by atoms with van der Waals surface area (Å²) in [6, 6.07) is 3.65. The number of aliphatic hydroxyl groups is 2. The number of aliphatic hydroxyl groups excluding tert-OH is 1. The Morgan fingerprint density at radius 1 is 1.32 bits per heavy atom. The Morgan fingerprint density at radius 3 is 2.85 bits per heavy atom. The number of aromatic amines is 1. The normalized spacial score (nSPS) is 46.4. The van der Waals surface area contributed by atoms with E-state index >= 15 is 0 Å². The number of carbonyl (C=O) groups excluding carboxylic acids is 2. The molecule has 4 saturated carbocycles. The van der Waals surface area contributed by atoms with E-state index < -0.39 is 40.7 Å². The molecule has 2 saturated heterocycles. The van der Waals surface area contributed by atoms with Gasteiger partial charge in [-0.05, 0) is 60.8 Å². The van der Waals surface area contributed by atoms with E-state index in [0.717, 1.165) is 25.0 Å². The predicted molar refractivity (Wildman–Crippen MR) is 123 cm³/mol. The summed E-state index contributed by atoms with van der Waals surface area (Å²) >= 11 is 0. The first kappa shape index (κ1) is 22.3. The van der Waals surface area contributed by atoms with Gasteiger partial charge in [-0.2, -0.15) is 0 Å². The lowest BCUT2D eigenvalue weighted by Gasteiger charge is -2.73. The van der Waals surface area contributed by atoms with Crippen LogP contribution in [-0.2, 0) is 19.1 Å². The standard InChI is InChI=1S/C27H33NO6/c1-15-17-8-9-18-25-12-5-11-24(2,3)20(25)22(31)27(32,33-14-25)26(18,21(15)30)23(17)34-19(29)10-7-16-6-4-13-28-16/h4,6-7,10,13,17-18,20,22-23,28,31-32H,1,5,8-9,11-12,14H2,2-3H3/b10-7+/t17-,18-,20+,22-,23+,25+,26-,27+/m0/s1.